The van der Waals surface area contributed by atoms with Crippen molar-refractivity contribution in [3.05, 3.63) is 45.1 Å². The minimum absolute atomic E-state index is 0.107. The van der Waals surface area contributed by atoms with Gasteiger partial charge in [0.1, 0.15) is 5.82 Å². The van der Waals surface area contributed by atoms with Crippen LogP contribution in [0.5, 0.6) is 0 Å². The number of likely N-dealkylation sites (N-methyl/N-ethyl adjacent to an activating group) is 1. The van der Waals surface area contributed by atoms with Gasteiger partial charge < -0.3 is 5.32 Å². The van der Waals surface area contributed by atoms with E-state index in [1.54, 1.807) is 6.07 Å². The quantitative estimate of drug-likeness (QED) is 0.914. The molecule has 96 valence electrons. The maximum absolute atomic E-state index is 13.0. The van der Waals surface area contributed by atoms with Gasteiger partial charge in [0, 0.05) is 9.85 Å². The molecule has 0 amide bonds. The van der Waals surface area contributed by atoms with Gasteiger partial charge in [0.15, 0.2) is 0 Å². The third-order valence-corrected chi connectivity index (χ3v) is 3.88. The summed E-state index contributed by atoms with van der Waals surface area (Å²) in [4.78, 5) is 0. The van der Waals surface area contributed by atoms with Gasteiger partial charge in [-0.15, -0.1) is 5.10 Å². The van der Waals surface area contributed by atoms with Crippen LogP contribution in [-0.2, 0) is 6.42 Å². The van der Waals surface area contributed by atoms with E-state index < -0.39 is 0 Å². The monoisotopic (exact) mass is 329 g/mol. The fourth-order valence-corrected chi connectivity index (χ4v) is 2.78. The molecular weight excluding hydrogens is 317 g/mol. The van der Waals surface area contributed by atoms with Gasteiger partial charge >= 0.3 is 0 Å². The molecule has 0 spiro atoms. The molecule has 0 radical (unpaired) electrons. The first-order valence-electron chi connectivity index (χ1n) is 5.65. The highest BCUT2D eigenvalue weighted by molar-refractivity contribution is 9.10. The van der Waals surface area contributed by atoms with Gasteiger partial charge in [0.05, 0.1) is 11.7 Å². The van der Waals surface area contributed by atoms with Crippen LogP contribution < -0.4 is 5.32 Å². The van der Waals surface area contributed by atoms with Crippen LogP contribution in [0.2, 0.25) is 0 Å². The van der Waals surface area contributed by atoms with Crippen LogP contribution in [0, 0.1) is 5.82 Å². The average Bonchev–Trinajstić information content (AvgIpc) is 2.85. The molecule has 0 fully saturated rings. The van der Waals surface area contributed by atoms with Gasteiger partial charge in [-0.05, 0) is 42.2 Å². The Morgan fingerprint density at radius 3 is 2.94 bits per heavy atom. The number of hydrogen-bond acceptors (Lipinski definition) is 4. The summed E-state index contributed by atoms with van der Waals surface area (Å²) in [6.45, 7) is 2.90. The Kier molecular flexibility index (Phi) is 4.79. The summed E-state index contributed by atoms with van der Waals surface area (Å²) in [6, 6.07) is 4.86. The highest BCUT2D eigenvalue weighted by Gasteiger charge is 2.15. The molecule has 1 aromatic heterocycles. The van der Waals surface area contributed by atoms with Gasteiger partial charge in [-0.1, -0.05) is 33.4 Å². The van der Waals surface area contributed by atoms with Crippen LogP contribution in [0.1, 0.15) is 24.2 Å². The smallest absolute Gasteiger partial charge is 0.124 e. The van der Waals surface area contributed by atoms with Crippen LogP contribution in [0.25, 0.3) is 0 Å². The first-order valence-corrected chi connectivity index (χ1v) is 7.28. The number of benzene rings is 1. The molecule has 18 heavy (non-hydrogen) atoms. The van der Waals surface area contributed by atoms with E-state index in [9.17, 15) is 4.39 Å². The fourth-order valence-electron chi connectivity index (χ4n) is 1.76. The van der Waals surface area contributed by atoms with Crippen molar-refractivity contribution in [2.75, 3.05) is 6.54 Å². The summed E-state index contributed by atoms with van der Waals surface area (Å²) in [6.07, 6.45) is 0.750. The van der Waals surface area contributed by atoms with E-state index in [2.05, 4.69) is 30.8 Å². The first kappa shape index (κ1) is 13.6. The number of nitrogens with zero attached hydrogens (tertiary/aromatic N) is 2. The highest BCUT2D eigenvalue weighted by atomic mass is 79.9. The van der Waals surface area contributed by atoms with Crippen molar-refractivity contribution in [3.8, 4) is 0 Å². The second kappa shape index (κ2) is 6.36. The van der Waals surface area contributed by atoms with Crippen LogP contribution in [0.15, 0.2) is 28.1 Å². The molecule has 1 N–H and O–H groups in total. The molecule has 0 aliphatic rings. The molecule has 1 atom stereocenters. The average molecular weight is 330 g/mol. The fraction of sp³-hybridized carbons (Fsp3) is 0.333. The van der Waals surface area contributed by atoms with E-state index in [0.717, 1.165) is 28.7 Å². The van der Waals surface area contributed by atoms with Crippen LogP contribution in [0.3, 0.4) is 0 Å². The normalized spacial score (nSPS) is 12.6. The van der Waals surface area contributed by atoms with E-state index in [1.165, 1.54) is 23.7 Å². The van der Waals surface area contributed by atoms with E-state index in [-0.39, 0.29) is 11.9 Å². The Morgan fingerprint density at radius 1 is 1.50 bits per heavy atom. The van der Waals surface area contributed by atoms with Crippen molar-refractivity contribution < 1.29 is 4.39 Å². The zero-order valence-corrected chi connectivity index (χ0v) is 12.3. The van der Waals surface area contributed by atoms with Gasteiger partial charge in [0.25, 0.3) is 0 Å². The van der Waals surface area contributed by atoms with E-state index in [1.807, 2.05) is 12.3 Å². The van der Waals surface area contributed by atoms with Crippen molar-refractivity contribution in [2.24, 2.45) is 0 Å². The number of nitrogens with one attached hydrogen (secondary N) is 1. The van der Waals surface area contributed by atoms with Crippen molar-refractivity contribution in [1.29, 1.82) is 0 Å². The lowest BCUT2D eigenvalue weighted by molar-refractivity contribution is 0.534. The summed E-state index contributed by atoms with van der Waals surface area (Å²) >= 11 is 4.73. The molecule has 0 aliphatic carbocycles. The molecule has 1 heterocycles. The Labute approximate surface area is 118 Å². The topological polar surface area (TPSA) is 37.8 Å². The van der Waals surface area contributed by atoms with Gasteiger partial charge in [-0.25, -0.2) is 4.39 Å². The lowest BCUT2D eigenvalue weighted by Gasteiger charge is -2.16. The maximum Gasteiger partial charge on any atom is 0.124 e. The van der Waals surface area contributed by atoms with E-state index in [4.69, 9.17) is 0 Å². The van der Waals surface area contributed by atoms with Crippen molar-refractivity contribution in [3.63, 3.8) is 0 Å². The second-order valence-corrected chi connectivity index (χ2v) is 5.34. The summed E-state index contributed by atoms with van der Waals surface area (Å²) in [5, 5.41) is 9.40. The van der Waals surface area contributed by atoms with Gasteiger partial charge in [-0.3, -0.25) is 0 Å². The minimum Gasteiger partial charge on any atom is -0.309 e. The highest BCUT2D eigenvalue weighted by Crippen LogP contribution is 2.24. The Balaban J connectivity index is 2.18. The number of hydrogen-bond donors (Lipinski definition) is 1. The first-order chi connectivity index (χ1) is 8.70. The summed E-state index contributed by atoms with van der Waals surface area (Å²) in [7, 11) is 0. The zero-order chi connectivity index (χ0) is 13.0. The number of aromatic nitrogens is 2. The van der Waals surface area contributed by atoms with E-state index >= 15 is 0 Å². The van der Waals surface area contributed by atoms with Crippen LogP contribution in [-0.4, -0.2) is 16.1 Å². The maximum atomic E-state index is 13.0. The molecule has 2 rings (SSSR count). The van der Waals surface area contributed by atoms with Gasteiger partial charge in [-0.2, -0.15) is 0 Å². The standard InChI is InChI=1S/C12H13BrFN3S/c1-2-15-11(12-7-18-17-16-12)5-8-3-4-9(14)6-10(8)13/h3-4,6-7,11,15H,2,5H2,1H3. The van der Waals surface area contributed by atoms with Crippen LogP contribution >= 0.6 is 27.5 Å². The lowest BCUT2D eigenvalue weighted by Crippen LogP contribution is -2.23. The van der Waals surface area contributed by atoms with Crippen molar-refractivity contribution >= 4 is 27.5 Å². The summed E-state index contributed by atoms with van der Waals surface area (Å²) < 4.78 is 17.7. The predicted octanol–water partition coefficient (Wildman–Crippen LogP) is 3.33. The minimum atomic E-state index is -0.235. The molecule has 0 saturated carbocycles. The Hall–Kier alpha value is -0.850. The number of halogens is 2. The number of rotatable bonds is 5. The lowest BCUT2D eigenvalue weighted by atomic mass is 10.0. The molecule has 0 saturated heterocycles. The molecule has 1 aromatic carbocycles. The molecule has 2 aromatic rings. The third-order valence-electron chi connectivity index (χ3n) is 2.62. The molecule has 6 heteroatoms. The molecular formula is C12H13BrFN3S. The molecule has 1 unspecified atom stereocenters. The third kappa shape index (κ3) is 3.34. The Morgan fingerprint density at radius 2 is 2.33 bits per heavy atom. The largest absolute Gasteiger partial charge is 0.309 e. The second-order valence-electron chi connectivity index (χ2n) is 3.88. The summed E-state index contributed by atoms with van der Waals surface area (Å²) in [5.74, 6) is -0.235. The molecule has 0 aliphatic heterocycles. The molecule has 3 nitrogen and oxygen atoms in total. The SMILES string of the molecule is CCNC(Cc1ccc(F)cc1Br)c1csnn1. The zero-order valence-electron chi connectivity index (χ0n) is 9.86. The summed E-state index contributed by atoms with van der Waals surface area (Å²) in [5.41, 5.74) is 1.98. The van der Waals surface area contributed by atoms with Crippen molar-refractivity contribution in [2.45, 2.75) is 19.4 Å². The predicted molar refractivity (Wildman–Crippen MR) is 74.1 cm³/mol. The van der Waals surface area contributed by atoms with Gasteiger partial charge in [0.2, 0.25) is 0 Å². The van der Waals surface area contributed by atoms with Crippen molar-refractivity contribution in [1.82, 2.24) is 14.9 Å². The van der Waals surface area contributed by atoms with Crippen LogP contribution in [0.4, 0.5) is 4.39 Å². The van der Waals surface area contributed by atoms with E-state index in [0.29, 0.717) is 0 Å². The molecule has 0 bridgehead atoms. The Bertz CT molecular complexity index is 504.